The molecule has 2 aromatic heterocycles. The fourth-order valence-electron chi connectivity index (χ4n) is 2.71. The van der Waals surface area contributed by atoms with Gasteiger partial charge in [-0.1, -0.05) is 37.3 Å². The number of hydrogen-bond donors (Lipinski definition) is 1. The van der Waals surface area contributed by atoms with Crippen LogP contribution in [0.25, 0.3) is 10.9 Å². The molecule has 0 amide bonds. The first-order valence-electron chi connectivity index (χ1n) is 7.28. The van der Waals surface area contributed by atoms with Gasteiger partial charge in [0.2, 0.25) is 0 Å². The maximum Gasteiger partial charge on any atom is 0.0753 e. The second kappa shape index (κ2) is 6.02. The maximum atomic E-state index is 4.57. The largest absolute Gasteiger partial charge is 0.306 e. The van der Waals surface area contributed by atoms with Crippen molar-refractivity contribution < 1.29 is 0 Å². The van der Waals surface area contributed by atoms with Crippen LogP contribution in [0.2, 0.25) is 0 Å². The Morgan fingerprint density at radius 1 is 1.14 bits per heavy atom. The van der Waals surface area contributed by atoms with Gasteiger partial charge in [0, 0.05) is 24.0 Å². The number of aryl methyl sites for hydroxylation is 1. The van der Waals surface area contributed by atoms with Crippen molar-refractivity contribution in [1.29, 1.82) is 0 Å². The highest BCUT2D eigenvalue weighted by Crippen LogP contribution is 2.27. The Balaban J connectivity index is 2.16. The highest BCUT2D eigenvalue weighted by atomic mass is 14.9. The van der Waals surface area contributed by atoms with Gasteiger partial charge in [-0.3, -0.25) is 9.97 Å². The number of nitrogens with one attached hydrogen (secondary N) is 1. The molecule has 0 aliphatic rings. The van der Waals surface area contributed by atoms with Crippen LogP contribution in [0.1, 0.15) is 29.7 Å². The van der Waals surface area contributed by atoms with Crippen LogP contribution < -0.4 is 5.32 Å². The molecule has 106 valence electrons. The van der Waals surface area contributed by atoms with E-state index in [2.05, 4.69) is 59.5 Å². The first-order chi connectivity index (χ1) is 10.3. The third kappa shape index (κ3) is 2.78. The second-order valence-electron chi connectivity index (χ2n) is 5.21. The van der Waals surface area contributed by atoms with Gasteiger partial charge in [0.05, 0.1) is 11.6 Å². The molecule has 1 aromatic carbocycles. The average molecular weight is 277 g/mol. The number of benzene rings is 1. The summed E-state index contributed by atoms with van der Waals surface area (Å²) in [5.74, 6) is 0. The van der Waals surface area contributed by atoms with Crippen LogP contribution in [0.4, 0.5) is 0 Å². The molecule has 1 unspecified atom stereocenters. The van der Waals surface area contributed by atoms with Gasteiger partial charge in [0.25, 0.3) is 0 Å². The molecule has 0 aliphatic heterocycles. The highest BCUT2D eigenvalue weighted by molar-refractivity contribution is 5.82. The van der Waals surface area contributed by atoms with E-state index in [0.29, 0.717) is 0 Å². The van der Waals surface area contributed by atoms with E-state index in [9.17, 15) is 0 Å². The predicted octanol–water partition coefficient (Wildman–Crippen LogP) is 3.64. The summed E-state index contributed by atoms with van der Waals surface area (Å²) in [5.41, 5.74) is 4.59. The second-order valence-corrected chi connectivity index (χ2v) is 5.21. The average Bonchev–Trinajstić information content (AvgIpc) is 2.52. The molecule has 0 saturated carbocycles. The molecule has 0 fully saturated rings. The lowest BCUT2D eigenvalue weighted by Gasteiger charge is -2.20. The Labute approximate surface area is 125 Å². The number of nitrogens with zero attached hydrogens (tertiary/aromatic N) is 2. The molecule has 0 bridgehead atoms. The van der Waals surface area contributed by atoms with E-state index in [1.807, 2.05) is 24.7 Å². The quantitative estimate of drug-likeness (QED) is 0.791. The van der Waals surface area contributed by atoms with Crippen LogP contribution in [-0.2, 0) is 0 Å². The normalized spacial score (nSPS) is 12.5. The molecule has 3 rings (SSSR count). The first-order valence-corrected chi connectivity index (χ1v) is 7.28. The lowest BCUT2D eigenvalue weighted by atomic mass is 9.96. The summed E-state index contributed by atoms with van der Waals surface area (Å²) in [7, 11) is 0. The van der Waals surface area contributed by atoms with Crippen molar-refractivity contribution in [2.24, 2.45) is 0 Å². The Bertz CT molecular complexity index is 747. The van der Waals surface area contributed by atoms with Crippen molar-refractivity contribution >= 4 is 10.9 Å². The van der Waals surface area contributed by atoms with Crippen molar-refractivity contribution in [3.05, 3.63) is 71.7 Å². The van der Waals surface area contributed by atoms with E-state index >= 15 is 0 Å². The topological polar surface area (TPSA) is 37.8 Å². The molecular formula is C18H19N3. The zero-order valence-electron chi connectivity index (χ0n) is 12.4. The Hall–Kier alpha value is -2.26. The summed E-state index contributed by atoms with van der Waals surface area (Å²) < 4.78 is 0. The van der Waals surface area contributed by atoms with E-state index in [-0.39, 0.29) is 6.04 Å². The monoisotopic (exact) mass is 277 g/mol. The van der Waals surface area contributed by atoms with Gasteiger partial charge in [-0.25, -0.2) is 0 Å². The molecule has 2 heterocycles. The number of para-hydroxylation sites is 1. The van der Waals surface area contributed by atoms with E-state index in [1.165, 1.54) is 22.1 Å². The van der Waals surface area contributed by atoms with E-state index in [1.54, 1.807) is 0 Å². The van der Waals surface area contributed by atoms with Crippen molar-refractivity contribution in [3.8, 4) is 0 Å². The number of pyridine rings is 2. The SMILES string of the molecule is CCNC(c1cncc(C)c1)c1cccc2cccnc12. The molecule has 21 heavy (non-hydrogen) atoms. The first kappa shape index (κ1) is 13.7. The molecule has 0 saturated heterocycles. The molecule has 0 aliphatic carbocycles. The molecular weight excluding hydrogens is 258 g/mol. The maximum absolute atomic E-state index is 4.57. The minimum absolute atomic E-state index is 0.112. The minimum Gasteiger partial charge on any atom is -0.306 e. The predicted molar refractivity (Wildman–Crippen MR) is 86.2 cm³/mol. The lowest BCUT2D eigenvalue weighted by Crippen LogP contribution is -2.22. The molecule has 0 spiro atoms. The zero-order chi connectivity index (χ0) is 14.7. The van der Waals surface area contributed by atoms with Gasteiger partial charge in [0.15, 0.2) is 0 Å². The third-order valence-corrected chi connectivity index (χ3v) is 3.61. The summed E-state index contributed by atoms with van der Waals surface area (Å²) >= 11 is 0. The summed E-state index contributed by atoms with van der Waals surface area (Å²) in [5, 5.41) is 4.72. The van der Waals surface area contributed by atoms with Crippen LogP contribution in [0.15, 0.2) is 55.0 Å². The van der Waals surface area contributed by atoms with Gasteiger partial charge >= 0.3 is 0 Å². The summed E-state index contributed by atoms with van der Waals surface area (Å²) in [6, 6.07) is 12.7. The van der Waals surface area contributed by atoms with E-state index < -0.39 is 0 Å². The van der Waals surface area contributed by atoms with Gasteiger partial charge in [-0.15, -0.1) is 0 Å². The van der Waals surface area contributed by atoms with Crippen molar-refractivity contribution in [2.75, 3.05) is 6.54 Å². The van der Waals surface area contributed by atoms with Gasteiger partial charge < -0.3 is 5.32 Å². The van der Waals surface area contributed by atoms with Crippen molar-refractivity contribution in [2.45, 2.75) is 19.9 Å². The van der Waals surface area contributed by atoms with Crippen LogP contribution in [0.3, 0.4) is 0 Å². The molecule has 1 N–H and O–H groups in total. The minimum atomic E-state index is 0.112. The smallest absolute Gasteiger partial charge is 0.0753 e. The zero-order valence-corrected chi connectivity index (χ0v) is 12.4. The Kier molecular flexibility index (Phi) is 3.93. The fraction of sp³-hybridized carbons (Fsp3) is 0.222. The van der Waals surface area contributed by atoms with Crippen molar-refractivity contribution in [3.63, 3.8) is 0 Å². The van der Waals surface area contributed by atoms with Gasteiger partial charge in [-0.2, -0.15) is 0 Å². The van der Waals surface area contributed by atoms with Crippen LogP contribution in [0.5, 0.6) is 0 Å². The Morgan fingerprint density at radius 3 is 2.81 bits per heavy atom. The van der Waals surface area contributed by atoms with Gasteiger partial charge in [0.1, 0.15) is 0 Å². The molecule has 3 heteroatoms. The fourth-order valence-corrected chi connectivity index (χ4v) is 2.71. The van der Waals surface area contributed by atoms with Crippen LogP contribution >= 0.6 is 0 Å². The third-order valence-electron chi connectivity index (χ3n) is 3.61. The van der Waals surface area contributed by atoms with Crippen LogP contribution in [-0.4, -0.2) is 16.5 Å². The van der Waals surface area contributed by atoms with Gasteiger partial charge in [-0.05, 0) is 36.2 Å². The van der Waals surface area contributed by atoms with Crippen LogP contribution in [0, 0.1) is 6.92 Å². The number of hydrogen-bond acceptors (Lipinski definition) is 3. The standard InChI is InChI=1S/C18H19N3/c1-3-20-18(15-10-13(2)11-19-12-15)16-8-4-6-14-7-5-9-21-17(14)16/h4-12,18,20H,3H2,1-2H3. The highest BCUT2D eigenvalue weighted by Gasteiger charge is 2.16. The molecule has 1 atom stereocenters. The Morgan fingerprint density at radius 2 is 2.00 bits per heavy atom. The molecule has 0 radical (unpaired) electrons. The number of fused-ring (bicyclic) bond motifs is 1. The van der Waals surface area contributed by atoms with Crippen molar-refractivity contribution in [1.82, 2.24) is 15.3 Å². The summed E-state index contributed by atoms with van der Waals surface area (Å²) in [4.78, 5) is 8.90. The number of aromatic nitrogens is 2. The summed E-state index contributed by atoms with van der Waals surface area (Å²) in [6.07, 6.45) is 5.67. The summed E-state index contributed by atoms with van der Waals surface area (Å²) in [6.45, 7) is 5.08. The number of rotatable bonds is 4. The molecule has 3 nitrogen and oxygen atoms in total. The lowest BCUT2D eigenvalue weighted by molar-refractivity contribution is 0.631. The molecule has 3 aromatic rings. The van der Waals surface area contributed by atoms with E-state index in [4.69, 9.17) is 0 Å². The van der Waals surface area contributed by atoms with E-state index in [0.717, 1.165) is 12.1 Å².